The van der Waals surface area contributed by atoms with E-state index in [9.17, 15) is 18.0 Å². The van der Waals surface area contributed by atoms with Crippen molar-refractivity contribution in [2.75, 3.05) is 6.54 Å². The Bertz CT molecular complexity index is 628. The van der Waals surface area contributed by atoms with Gasteiger partial charge in [0.1, 0.15) is 6.04 Å². The fraction of sp³-hybridized carbons (Fsp3) is 0.385. The molecule has 1 atom stereocenters. The summed E-state index contributed by atoms with van der Waals surface area (Å²) in [4.78, 5) is 23.0. The number of nitrogens with two attached hydrogens (primary N) is 2. The van der Waals surface area contributed by atoms with Gasteiger partial charge in [-0.2, -0.15) is 0 Å². The van der Waals surface area contributed by atoms with Crippen molar-refractivity contribution in [1.82, 2.24) is 5.32 Å². The number of sulfonamides is 1. The van der Waals surface area contributed by atoms with Gasteiger partial charge in [0, 0.05) is 5.56 Å². The molecular weight excluding hydrogens is 310 g/mol. The third kappa shape index (κ3) is 5.43. The number of unbranched alkanes of at least 4 members (excludes halogenated alkanes) is 1. The maximum Gasteiger partial charge on any atom is 0.326 e. The van der Waals surface area contributed by atoms with Gasteiger partial charge in [-0.25, -0.2) is 18.4 Å². The van der Waals surface area contributed by atoms with Gasteiger partial charge in [-0.3, -0.25) is 4.79 Å². The number of benzene rings is 1. The van der Waals surface area contributed by atoms with E-state index in [-0.39, 0.29) is 16.9 Å². The highest BCUT2D eigenvalue weighted by Crippen LogP contribution is 2.09. The van der Waals surface area contributed by atoms with Gasteiger partial charge in [0.15, 0.2) is 0 Å². The monoisotopic (exact) mass is 329 g/mol. The van der Waals surface area contributed by atoms with E-state index >= 15 is 0 Å². The SMILES string of the molecule is NCCCC[C@H](NC(=O)c1ccc(S(N)(=O)=O)cc1)C(=O)O. The molecule has 0 aliphatic carbocycles. The molecule has 22 heavy (non-hydrogen) atoms. The molecule has 0 heterocycles. The van der Waals surface area contributed by atoms with E-state index < -0.39 is 27.9 Å². The molecule has 0 fully saturated rings. The summed E-state index contributed by atoms with van der Waals surface area (Å²) < 4.78 is 22.2. The van der Waals surface area contributed by atoms with Gasteiger partial charge < -0.3 is 16.2 Å². The highest BCUT2D eigenvalue weighted by molar-refractivity contribution is 7.89. The average Bonchev–Trinajstić information content (AvgIpc) is 2.45. The molecule has 1 aromatic rings. The van der Waals surface area contributed by atoms with Crippen LogP contribution in [-0.2, 0) is 14.8 Å². The number of carboxylic acids is 1. The number of hydrogen-bond acceptors (Lipinski definition) is 5. The third-order valence-electron chi connectivity index (χ3n) is 3.00. The Morgan fingerprint density at radius 2 is 1.77 bits per heavy atom. The van der Waals surface area contributed by atoms with Gasteiger partial charge in [0.05, 0.1) is 4.90 Å². The number of carbonyl (C=O) groups excluding carboxylic acids is 1. The molecule has 1 rings (SSSR count). The second-order valence-corrected chi connectivity index (χ2v) is 6.28. The van der Waals surface area contributed by atoms with Gasteiger partial charge in [0.2, 0.25) is 10.0 Å². The molecule has 6 N–H and O–H groups in total. The average molecular weight is 329 g/mol. The van der Waals surface area contributed by atoms with Crippen LogP contribution in [0.5, 0.6) is 0 Å². The zero-order valence-corrected chi connectivity index (χ0v) is 12.7. The topological polar surface area (TPSA) is 153 Å². The third-order valence-corrected chi connectivity index (χ3v) is 3.92. The van der Waals surface area contributed by atoms with Crippen molar-refractivity contribution in [3.05, 3.63) is 29.8 Å². The van der Waals surface area contributed by atoms with Crippen molar-refractivity contribution in [2.24, 2.45) is 10.9 Å². The van der Waals surface area contributed by atoms with Crippen LogP contribution < -0.4 is 16.2 Å². The van der Waals surface area contributed by atoms with E-state index in [1.165, 1.54) is 24.3 Å². The van der Waals surface area contributed by atoms with Crippen LogP contribution in [0.25, 0.3) is 0 Å². The van der Waals surface area contributed by atoms with Gasteiger partial charge in [-0.15, -0.1) is 0 Å². The van der Waals surface area contributed by atoms with Crippen LogP contribution in [0, 0.1) is 0 Å². The molecule has 1 aromatic carbocycles. The zero-order valence-electron chi connectivity index (χ0n) is 11.9. The van der Waals surface area contributed by atoms with E-state index in [1.807, 2.05) is 0 Å². The number of hydrogen-bond donors (Lipinski definition) is 4. The van der Waals surface area contributed by atoms with Crippen LogP contribution in [-0.4, -0.2) is 38.0 Å². The van der Waals surface area contributed by atoms with E-state index in [1.54, 1.807) is 0 Å². The van der Waals surface area contributed by atoms with Crippen LogP contribution in [0.1, 0.15) is 29.6 Å². The first-order valence-corrected chi connectivity index (χ1v) is 8.17. The predicted octanol–water partition coefficient (Wildman–Crippen LogP) is -0.354. The molecule has 0 spiro atoms. The quantitative estimate of drug-likeness (QED) is 0.478. The minimum absolute atomic E-state index is 0.123. The summed E-state index contributed by atoms with van der Waals surface area (Å²) in [6, 6.07) is 3.90. The lowest BCUT2D eigenvalue weighted by atomic mass is 10.1. The Kier molecular flexibility index (Phi) is 6.47. The number of nitrogens with one attached hydrogen (secondary N) is 1. The fourth-order valence-electron chi connectivity index (χ4n) is 1.79. The molecule has 0 bridgehead atoms. The van der Waals surface area contributed by atoms with Crippen molar-refractivity contribution >= 4 is 21.9 Å². The lowest BCUT2D eigenvalue weighted by Gasteiger charge is -2.14. The number of carboxylic acid groups (broad SMARTS) is 1. The molecule has 9 heteroatoms. The molecule has 0 radical (unpaired) electrons. The first-order valence-electron chi connectivity index (χ1n) is 6.62. The number of rotatable bonds is 8. The smallest absolute Gasteiger partial charge is 0.326 e. The molecular formula is C13H19N3O5S. The molecule has 0 saturated heterocycles. The van der Waals surface area contributed by atoms with Crippen molar-refractivity contribution in [3.8, 4) is 0 Å². The summed E-state index contributed by atoms with van der Waals surface area (Å²) in [5.74, 6) is -1.73. The summed E-state index contributed by atoms with van der Waals surface area (Å²) in [6.07, 6.45) is 1.52. The molecule has 0 unspecified atom stereocenters. The summed E-state index contributed by atoms with van der Waals surface area (Å²) in [5.41, 5.74) is 5.49. The summed E-state index contributed by atoms with van der Waals surface area (Å²) >= 11 is 0. The normalized spacial score (nSPS) is 12.6. The van der Waals surface area contributed by atoms with Gasteiger partial charge in [-0.05, 0) is 50.1 Å². The minimum atomic E-state index is -3.83. The summed E-state index contributed by atoms with van der Waals surface area (Å²) in [5, 5.41) is 16.4. The number of carbonyl (C=O) groups is 2. The summed E-state index contributed by atoms with van der Waals surface area (Å²) in [7, 11) is -3.83. The highest BCUT2D eigenvalue weighted by Gasteiger charge is 2.20. The first-order chi connectivity index (χ1) is 10.3. The van der Waals surface area contributed by atoms with Crippen LogP contribution in [0.2, 0.25) is 0 Å². The molecule has 1 amide bonds. The Morgan fingerprint density at radius 3 is 2.23 bits per heavy atom. The Hall–Kier alpha value is -1.97. The van der Waals surface area contributed by atoms with Gasteiger partial charge in [-0.1, -0.05) is 0 Å². The van der Waals surface area contributed by atoms with Crippen LogP contribution in [0.4, 0.5) is 0 Å². The maximum absolute atomic E-state index is 12.0. The van der Waals surface area contributed by atoms with E-state index in [4.69, 9.17) is 16.0 Å². The number of aliphatic carboxylic acids is 1. The molecule has 0 aliphatic heterocycles. The maximum atomic E-state index is 12.0. The standard InChI is InChI=1S/C13H19N3O5S/c14-8-2-1-3-11(13(18)19)16-12(17)9-4-6-10(7-5-9)22(15,20)21/h4-7,11H,1-3,8,14H2,(H,16,17)(H,18,19)(H2,15,20,21)/t11-/m0/s1. The highest BCUT2D eigenvalue weighted by atomic mass is 32.2. The Balaban J connectivity index is 2.75. The van der Waals surface area contributed by atoms with Crippen LogP contribution >= 0.6 is 0 Å². The van der Waals surface area contributed by atoms with E-state index in [2.05, 4.69) is 5.32 Å². The molecule has 0 saturated carbocycles. The predicted molar refractivity (Wildman–Crippen MR) is 79.6 cm³/mol. The zero-order chi connectivity index (χ0) is 16.8. The lowest BCUT2D eigenvalue weighted by molar-refractivity contribution is -0.139. The summed E-state index contributed by atoms with van der Waals surface area (Å²) in [6.45, 7) is 0.454. The second-order valence-electron chi connectivity index (χ2n) is 4.72. The van der Waals surface area contributed by atoms with Crippen molar-refractivity contribution < 1.29 is 23.1 Å². The van der Waals surface area contributed by atoms with Crippen molar-refractivity contribution in [2.45, 2.75) is 30.2 Å². The second kappa shape index (κ2) is 7.87. The number of amides is 1. The Labute approximate surface area is 128 Å². The Morgan fingerprint density at radius 1 is 1.18 bits per heavy atom. The van der Waals surface area contributed by atoms with Gasteiger partial charge in [0.25, 0.3) is 5.91 Å². The molecule has 8 nitrogen and oxygen atoms in total. The van der Waals surface area contributed by atoms with Crippen LogP contribution in [0.15, 0.2) is 29.2 Å². The molecule has 122 valence electrons. The van der Waals surface area contributed by atoms with Crippen molar-refractivity contribution in [1.29, 1.82) is 0 Å². The largest absolute Gasteiger partial charge is 0.480 e. The van der Waals surface area contributed by atoms with E-state index in [0.717, 1.165) is 0 Å². The van der Waals surface area contributed by atoms with Crippen LogP contribution in [0.3, 0.4) is 0 Å². The first kappa shape index (κ1) is 18.1. The fourth-order valence-corrected chi connectivity index (χ4v) is 2.30. The minimum Gasteiger partial charge on any atom is -0.480 e. The van der Waals surface area contributed by atoms with Gasteiger partial charge >= 0.3 is 5.97 Å². The van der Waals surface area contributed by atoms with E-state index in [0.29, 0.717) is 19.4 Å². The molecule has 0 aromatic heterocycles. The number of primary sulfonamides is 1. The molecule has 0 aliphatic rings. The van der Waals surface area contributed by atoms with Crippen molar-refractivity contribution in [3.63, 3.8) is 0 Å². The lowest BCUT2D eigenvalue weighted by Crippen LogP contribution is -2.40.